The van der Waals surface area contributed by atoms with Crippen LogP contribution in [0.4, 0.5) is 0 Å². The van der Waals surface area contributed by atoms with Gasteiger partial charge in [0, 0.05) is 12.6 Å². The average Bonchev–Trinajstić information content (AvgIpc) is 2.42. The molecular formula is C15H22N2O2. The van der Waals surface area contributed by atoms with E-state index in [0.29, 0.717) is 19.1 Å². The molecule has 4 heteroatoms. The lowest BCUT2D eigenvalue weighted by atomic mass is 9.95. The number of aromatic hydroxyl groups is 1. The Hall–Kier alpha value is -1.55. The quantitative estimate of drug-likeness (QED) is 0.760. The predicted molar refractivity (Wildman–Crippen MR) is 74.8 cm³/mol. The minimum Gasteiger partial charge on any atom is -0.508 e. The summed E-state index contributed by atoms with van der Waals surface area (Å²) in [5, 5.41) is 15.4. The minimum atomic E-state index is 0.0747. The third kappa shape index (κ3) is 4.91. The molecule has 1 fully saturated rings. The van der Waals surface area contributed by atoms with E-state index in [0.717, 1.165) is 18.4 Å². The smallest absolute Gasteiger partial charge is 0.234 e. The van der Waals surface area contributed by atoms with E-state index in [1.54, 1.807) is 12.1 Å². The van der Waals surface area contributed by atoms with Gasteiger partial charge in [-0.1, -0.05) is 31.4 Å². The molecule has 0 saturated heterocycles. The molecular weight excluding hydrogens is 240 g/mol. The standard InChI is InChI=1S/C15H22N2O2/c18-14-8-6-12(7-9-14)10-16-11-15(19)17-13-4-2-1-3-5-13/h6-9,13,16,18H,1-5,10-11H2,(H,17,19). The second-order valence-corrected chi connectivity index (χ2v) is 5.17. The van der Waals surface area contributed by atoms with Crippen LogP contribution in [0.3, 0.4) is 0 Å². The molecule has 0 aromatic heterocycles. The zero-order valence-electron chi connectivity index (χ0n) is 11.2. The maximum atomic E-state index is 11.7. The van der Waals surface area contributed by atoms with Crippen molar-refractivity contribution in [1.29, 1.82) is 0 Å². The van der Waals surface area contributed by atoms with Gasteiger partial charge < -0.3 is 15.7 Å². The normalized spacial score (nSPS) is 16.2. The number of hydrogen-bond acceptors (Lipinski definition) is 3. The highest BCUT2D eigenvalue weighted by atomic mass is 16.3. The summed E-state index contributed by atoms with van der Waals surface area (Å²) in [4.78, 5) is 11.7. The maximum Gasteiger partial charge on any atom is 0.234 e. The maximum absolute atomic E-state index is 11.7. The zero-order valence-corrected chi connectivity index (χ0v) is 11.2. The molecule has 19 heavy (non-hydrogen) atoms. The van der Waals surface area contributed by atoms with Crippen molar-refractivity contribution in [2.24, 2.45) is 0 Å². The van der Waals surface area contributed by atoms with Crippen molar-refractivity contribution in [2.75, 3.05) is 6.54 Å². The van der Waals surface area contributed by atoms with Gasteiger partial charge in [0.15, 0.2) is 0 Å². The summed E-state index contributed by atoms with van der Waals surface area (Å²) in [6, 6.07) is 7.37. The molecule has 0 atom stereocenters. The van der Waals surface area contributed by atoms with E-state index < -0.39 is 0 Å². The fourth-order valence-corrected chi connectivity index (χ4v) is 2.46. The highest BCUT2D eigenvalue weighted by Crippen LogP contribution is 2.17. The summed E-state index contributed by atoms with van der Waals surface area (Å²) in [6.07, 6.45) is 5.98. The van der Waals surface area contributed by atoms with E-state index in [2.05, 4.69) is 10.6 Å². The van der Waals surface area contributed by atoms with Crippen LogP contribution >= 0.6 is 0 Å². The van der Waals surface area contributed by atoms with Crippen molar-refractivity contribution in [2.45, 2.75) is 44.7 Å². The van der Waals surface area contributed by atoms with Crippen LogP contribution in [-0.2, 0) is 11.3 Å². The number of benzene rings is 1. The van der Waals surface area contributed by atoms with E-state index in [4.69, 9.17) is 5.11 Å². The molecule has 0 unspecified atom stereocenters. The molecule has 1 aliphatic rings. The van der Waals surface area contributed by atoms with Crippen molar-refractivity contribution >= 4 is 5.91 Å². The summed E-state index contributed by atoms with van der Waals surface area (Å²) >= 11 is 0. The van der Waals surface area contributed by atoms with E-state index in [-0.39, 0.29) is 11.7 Å². The van der Waals surface area contributed by atoms with Crippen LogP contribution in [-0.4, -0.2) is 23.6 Å². The second kappa shape index (κ2) is 7.14. The Morgan fingerprint density at radius 1 is 1.16 bits per heavy atom. The van der Waals surface area contributed by atoms with E-state index in [1.807, 2.05) is 12.1 Å². The lowest BCUT2D eigenvalue weighted by Gasteiger charge is -2.22. The van der Waals surface area contributed by atoms with E-state index in [9.17, 15) is 4.79 Å². The van der Waals surface area contributed by atoms with Crippen molar-refractivity contribution in [3.05, 3.63) is 29.8 Å². The van der Waals surface area contributed by atoms with Gasteiger partial charge in [-0.25, -0.2) is 0 Å². The van der Waals surface area contributed by atoms with Gasteiger partial charge >= 0.3 is 0 Å². The van der Waals surface area contributed by atoms with Gasteiger partial charge in [-0.3, -0.25) is 4.79 Å². The first-order chi connectivity index (χ1) is 9.24. The van der Waals surface area contributed by atoms with Crippen molar-refractivity contribution < 1.29 is 9.90 Å². The van der Waals surface area contributed by atoms with Gasteiger partial charge in [0.1, 0.15) is 5.75 Å². The average molecular weight is 262 g/mol. The molecule has 1 amide bonds. The van der Waals surface area contributed by atoms with E-state index >= 15 is 0 Å². The molecule has 104 valence electrons. The molecule has 4 nitrogen and oxygen atoms in total. The number of carbonyl (C=O) groups is 1. The van der Waals surface area contributed by atoms with Crippen LogP contribution in [0.5, 0.6) is 5.75 Å². The van der Waals surface area contributed by atoms with Crippen molar-refractivity contribution in [3.63, 3.8) is 0 Å². The fraction of sp³-hybridized carbons (Fsp3) is 0.533. The first-order valence-corrected chi connectivity index (χ1v) is 7.02. The van der Waals surface area contributed by atoms with Crippen LogP contribution in [0, 0.1) is 0 Å². The SMILES string of the molecule is O=C(CNCc1ccc(O)cc1)NC1CCCCC1. The summed E-state index contributed by atoms with van der Waals surface area (Å²) in [5.74, 6) is 0.337. The molecule has 0 radical (unpaired) electrons. The lowest BCUT2D eigenvalue weighted by molar-refractivity contribution is -0.121. The zero-order chi connectivity index (χ0) is 13.5. The number of amides is 1. The molecule has 1 saturated carbocycles. The summed E-state index contributed by atoms with van der Waals surface area (Å²) in [6.45, 7) is 0.982. The number of hydrogen-bond donors (Lipinski definition) is 3. The topological polar surface area (TPSA) is 61.4 Å². The van der Waals surface area contributed by atoms with Gasteiger partial charge in [0.2, 0.25) is 5.91 Å². The number of phenols is 1. The molecule has 0 spiro atoms. The molecule has 3 N–H and O–H groups in total. The highest BCUT2D eigenvalue weighted by Gasteiger charge is 2.14. The Kier molecular flexibility index (Phi) is 5.21. The Balaban J connectivity index is 1.64. The summed E-state index contributed by atoms with van der Waals surface area (Å²) in [7, 11) is 0. The number of nitrogens with one attached hydrogen (secondary N) is 2. The number of carbonyl (C=O) groups excluding carboxylic acids is 1. The van der Waals surface area contributed by atoms with Crippen molar-refractivity contribution in [1.82, 2.24) is 10.6 Å². The molecule has 0 aliphatic heterocycles. The van der Waals surface area contributed by atoms with Gasteiger partial charge in [-0.2, -0.15) is 0 Å². The lowest BCUT2D eigenvalue weighted by Crippen LogP contribution is -2.41. The first kappa shape index (κ1) is 13.9. The van der Waals surface area contributed by atoms with Gasteiger partial charge in [-0.05, 0) is 30.5 Å². The Morgan fingerprint density at radius 3 is 2.53 bits per heavy atom. The van der Waals surface area contributed by atoms with Gasteiger partial charge in [0.25, 0.3) is 0 Å². The Bertz CT molecular complexity index is 397. The summed E-state index contributed by atoms with van der Waals surface area (Å²) in [5.41, 5.74) is 1.06. The molecule has 0 heterocycles. The molecule has 1 aliphatic carbocycles. The van der Waals surface area contributed by atoms with Crippen LogP contribution < -0.4 is 10.6 Å². The fourth-order valence-electron chi connectivity index (χ4n) is 2.46. The highest BCUT2D eigenvalue weighted by molar-refractivity contribution is 5.78. The molecule has 1 aromatic carbocycles. The number of rotatable bonds is 5. The molecule has 1 aromatic rings. The second-order valence-electron chi connectivity index (χ2n) is 5.17. The van der Waals surface area contributed by atoms with Crippen LogP contribution in [0.25, 0.3) is 0 Å². The van der Waals surface area contributed by atoms with Gasteiger partial charge in [0.05, 0.1) is 6.54 Å². The predicted octanol–water partition coefficient (Wildman–Crippen LogP) is 1.93. The third-order valence-corrected chi connectivity index (χ3v) is 3.52. The summed E-state index contributed by atoms with van der Waals surface area (Å²) < 4.78 is 0. The molecule has 2 rings (SSSR count). The van der Waals surface area contributed by atoms with Crippen molar-refractivity contribution in [3.8, 4) is 5.75 Å². The Labute approximate surface area is 114 Å². The monoisotopic (exact) mass is 262 g/mol. The van der Waals surface area contributed by atoms with Gasteiger partial charge in [-0.15, -0.1) is 0 Å². The molecule has 0 bridgehead atoms. The number of phenolic OH excluding ortho intramolecular Hbond substituents is 1. The van der Waals surface area contributed by atoms with Crippen LogP contribution in [0.15, 0.2) is 24.3 Å². The third-order valence-electron chi connectivity index (χ3n) is 3.52. The Morgan fingerprint density at radius 2 is 1.84 bits per heavy atom. The largest absolute Gasteiger partial charge is 0.508 e. The van der Waals surface area contributed by atoms with Crippen LogP contribution in [0.1, 0.15) is 37.7 Å². The first-order valence-electron chi connectivity index (χ1n) is 7.02. The van der Waals surface area contributed by atoms with Crippen LogP contribution in [0.2, 0.25) is 0 Å². The van der Waals surface area contributed by atoms with E-state index in [1.165, 1.54) is 19.3 Å². The minimum absolute atomic E-state index is 0.0747.